The third-order valence-corrected chi connectivity index (χ3v) is 5.26. The zero-order chi connectivity index (χ0) is 21.3. The zero-order valence-corrected chi connectivity index (χ0v) is 17.9. The van der Waals surface area contributed by atoms with Gasteiger partial charge in [0.15, 0.2) is 17.3 Å². The number of ether oxygens (including phenoxy) is 2. The van der Waals surface area contributed by atoms with Crippen molar-refractivity contribution < 1.29 is 14.3 Å². The highest BCUT2D eigenvalue weighted by Crippen LogP contribution is 2.41. The van der Waals surface area contributed by atoms with Gasteiger partial charge in [0.05, 0.1) is 30.3 Å². The molecule has 6 heteroatoms. The van der Waals surface area contributed by atoms with E-state index in [2.05, 4.69) is 16.8 Å². The molecule has 30 heavy (non-hydrogen) atoms. The van der Waals surface area contributed by atoms with Crippen molar-refractivity contribution in [3.05, 3.63) is 59.3 Å². The minimum atomic E-state index is -0.300. The number of anilines is 1. The number of carbonyl (C=O) groups is 1. The molecule has 3 aromatic rings. The van der Waals surface area contributed by atoms with Gasteiger partial charge in [0, 0.05) is 11.3 Å². The van der Waals surface area contributed by atoms with Crippen molar-refractivity contribution in [3.63, 3.8) is 0 Å². The van der Waals surface area contributed by atoms with Crippen LogP contribution in [-0.2, 0) is 4.79 Å². The van der Waals surface area contributed by atoms with Crippen LogP contribution in [0, 0.1) is 0 Å². The number of allylic oxidation sites excluding steroid dienone is 2. The molecule has 0 saturated carbocycles. The first kappa shape index (κ1) is 20.0. The van der Waals surface area contributed by atoms with Crippen LogP contribution in [0.2, 0.25) is 0 Å². The maximum atomic E-state index is 12.7. The van der Waals surface area contributed by atoms with Gasteiger partial charge in [-0.15, -0.1) is 0 Å². The molecule has 1 atom stereocenters. The summed E-state index contributed by atoms with van der Waals surface area (Å²) in [5.41, 5.74) is 4.35. The molecular weight excluding hydrogens is 378 g/mol. The van der Waals surface area contributed by atoms with E-state index in [1.807, 2.05) is 56.3 Å². The van der Waals surface area contributed by atoms with E-state index in [0.29, 0.717) is 19.0 Å². The number of ketones is 1. The average molecular weight is 405 g/mol. The number of hydrogen-bond donors (Lipinski definition) is 1. The Morgan fingerprint density at radius 1 is 1.13 bits per heavy atom. The Morgan fingerprint density at radius 3 is 2.67 bits per heavy atom. The number of para-hydroxylation sites is 2. The van der Waals surface area contributed by atoms with E-state index in [4.69, 9.17) is 14.5 Å². The first-order valence-corrected chi connectivity index (χ1v) is 10.4. The van der Waals surface area contributed by atoms with Crippen LogP contribution >= 0.6 is 0 Å². The second-order valence-corrected chi connectivity index (χ2v) is 7.40. The van der Waals surface area contributed by atoms with E-state index >= 15 is 0 Å². The summed E-state index contributed by atoms with van der Waals surface area (Å²) in [5.74, 6) is 2.16. The van der Waals surface area contributed by atoms with Crippen LogP contribution < -0.4 is 14.8 Å². The Morgan fingerprint density at radius 2 is 1.93 bits per heavy atom. The average Bonchev–Trinajstić information content (AvgIpc) is 3.09. The highest BCUT2D eigenvalue weighted by atomic mass is 16.5. The van der Waals surface area contributed by atoms with Gasteiger partial charge in [-0.1, -0.05) is 25.1 Å². The fraction of sp³-hybridized carbons (Fsp3) is 0.333. The summed E-state index contributed by atoms with van der Waals surface area (Å²) in [4.78, 5) is 17.4. The number of nitrogens with one attached hydrogen (secondary N) is 1. The Hall–Kier alpha value is -3.28. The molecule has 1 aliphatic heterocycles. The predicted octanol–water partition coefficient (Wildman–Crippen LogP) is 5.10. The third-order valence-electron chi connectivity index (χ3n) is 5.26. The molecule has 156 valence electrons. The fourth-order valence-electron chi connectivity index (χ4n) is 4.03. The summed E-state index contributed by atoms with van der Waals surface area (Å²) in [6, 6.07) is 13.6. The van der Waals surface area contributed by atoms with Crippen LogP contribution in [0.3, 0.4) is 0 Å². The minimum Gasteiger partial charge on any atom is -0.490 e. The van der Waals surface area contributed by atoms with Crippen molar-refractivity contribution in [1.29, 1.82) is 0 Å². The van der Waals surface area contributed by atoms with Crippen molar-refractivity contribution in [3.8, 4) is 11.5 Å². The van der Waals surface area contributed by atoms with Crippen LogP contribution in [0.25, 0.3) is 11.0 Å². The van der Waals surface area contributed by atoms with Gasteiger partial charge in [-0.25, -0.2) is 4.98 Å². The molecule has 0 radical (unpaired) electrons. The number of Topliss-reactive ketones (excluding diaryl/α,β-unsaturated/α-hetero) is 1. The number of imidazole rings is 1. The summed E-state index contributed by atoms with van der Waals surface area (Å²) in [6.07, 6.45) is 0.919. The molecule has 0 aliphatic carbocycles. The molecule has 0 spiro atoms. The maximum absolute atomic E-state index is 12.7. The van der Waals surface area contributed by atoms with Crippen LogP contribution in [0.5, 0.6) is 11.5 Å². The zero-order valence-electron chi connectivity index (χ0n) is 17.9. The number of benzene rings is 2. The number of hydrogen-bond acceptors (Lipinski definition) is 5. The summed E-state index contributed by atoms with van der Waals surface area (Å²) >= 11 is 0. The van der Waals surface area contributed by atoms with E-state index in [1.54, 1.807) is 6.92 Å². The fourth-order valence-corrected chi connectivity index (χ4v) is 4.03. The van der Waals surface area contributed by atoms with Crippen molar-refractivity contribution in [2.75, 3.05) is 18.5 Å². The van der Waals surface area contributed by atoms with E-state index in [1.165, 1.54) is 0 Å². The van der Waals surface area contributed by atoms with Gasteiger partial charge < -0.3 is 14.8 Å². The summed E-state index contributed by atoms with van der Waals surface area (Å²) < 4.78 is 13.8. The summed E-state index contributed by atoms with van der Waals surface area (Å²) in [5, 5.41) is 3.31. The quantitative estimate of drug-likeness (QED) is 0.592. The van der Waals surface area contributed by atoms with E-state index in [9.17, 15) is 4.79 Å². The number of rotatable bonds is 7. The molecule has 0 amide bonds. The lowest BCUT2D eigenvalue weighted by Gasteiger charge is -2.30. The molecule has 0 unspecified atom stereocenters. The number of fused-ring (bicyclic) bond motifs is 3. The number of nitrogens with zero attached hydrogens (tertiary/aromatic N) is 2. The van der Waals surface area contributed by atoms with Gasteiger partial charge in [0.1, 0.15) is 0 Å². The van der Waals surface area contributed by atoms with Gasteiger partial charge in [-0.3, -0.25) is 9.36 Å². The van der Waals surface area contributed by atoms with Crippen molar-refractivity contribution in [1.82, 2.24) is 9.55 Å². The van der Waals surface area contributed by atoms with Gasteiger partial charge in [-0.05, 0) is 57.0 Å². The van der Waals surface area contributed by atoms with E-state index in [-0.39, 0.29) is 11.8 Å². The SMILES string of the molecule is CCCOc1ccc([C@@H]2C(C(C)=O)=C(C)Nc3nc4ccccc4n32)cc1OCC. The molecule has 2 heterocycles. The molecule has 4 rings (SSSR count). The molecule has 1 aromatic heterocycles. The molecular formula is C24H27N3O3. The Bertz CT molecular complexity index is 1130. The Kier molecular flexibility index (Phi) is 5.48. The molecule has 6 nitrogen and oxygen atoms in total. The van der Waals surface area contributed by atoms with E-state index < -0.39 is 0 Å². The van der Waals surface area contributed by atoms with Gasteiger partial charge in [-0.2, -0.15) is 0 Å². The molecule has 2 aromatic carbocycles. The lowest BCUT2D eigenvalue weighted by molar-refractivity contribution is -0.114. The molecule has 0 saturated heterocycles. The smallest absolute Gasteiger partial charge is 0.209 e. The first-order chi connectivity index (χ1) is 14.5. The van der Waals surface area contributed by atoms with Crippen LogP contribution in [0.4, 0.5) is 5.95 Å². The lowest BCUT2D eigenvalue weighted by atomic mass is 9.92. The summed E-state index contributed by atoms with van der Waals surface area (Å²) in [7, 11) is 0. The van der Waals surface area contributed by atoms with Gasteiger partial charge in [0.25, 0.3) is 0 Å². The topological polar surface area (TPSA) is 65.4 Å². The Labute approximate surface area is 176 Å². The monoisotopic (exact) mass is 405 g/mol. The number of carbonyl (C=O) groups excluding carboxylic acids is 1. The largest absolute Gasteiger partial charge is 0.490 e. The predicted molar refractivity (Wildman–Crippen MR) is 118 cm³/mol. The van der Waals surface area contributed by atoms with Crippen LogP contribution in [0.15, 0.2) is 53.7 Å². The standard InChI is InChI=1S/C24H27N3O3/c1-5-13-30-20-12-11-17(14-21(20)29-6-2)23-22(16(4)28)15(3)25-24-26-18-9-7-8-10-19(18)27(23)24/h7-12,14,23H,5-6,13H2,1-4H3,(H,25,26)/t23-/m1/s1. The third kappa shape index (κ3) is 3.43. The molecule has 1 N–H and O–H groups in total. The van der Waals surface area contributed by atoms with Crippen molar-refractivity contribution >= 4 is 22.8 Å². The molecule has 0 fully saturated rings. The van der Waals surface area contributed by atoms with E-state index in [0.717, 1.165) is 46.0 Å². The highest BCUT2D eigenvalue weighted by Gasteiger charge is 2.33. The Balaban J connectivity index is 1.91. The summed E-state index contributed by atoms with van der Waals surface area (Å²) in [6.45, 7) is 8.72. The molecule has 1 aliphatic rings. The van der Waals surface area contributed by atoms with Crippen molar-refractivity contribution in [2.24, 2.45) is 0 Å². The van der Waals surface area contributed by atoms with Crippen LogP contribution in [0.1, 0.15) is 45.7 Å². The normalized spacial score (nSPS) is 15.7. The second-order valence-electron chi connectivity index (χ2n) is 7.40. The lowest BCUT2D eigenvalue weighted by Crippen LogP contribution is -2.27. The highest BCUT2D eigenvalue weighted by molar-refractivity contribution is 5.97. The van der Waals surface area contributed by atoms with Gasteiger partial charge in [0.2, 0.25) is 5.95 Å². The van der Waals surface area contributed by atoms with Crippen molar-refractivity contribution in [2.45, 2.75) is 40.2 Å². The first-order valence-electron chi connectivity index (χ1n) is 10.4. The number of aromatic nitrogens is 2. The molecule has 0 bridgehead atoms. The minimum absolute atomic E-state index is 0.0256. The van der Waals surface area contributed by atoms with Crippen LogP contribution in [-0.4, -0.2) is 28.5 Å². The second kappa shape index (κ2) is 8.22. The van der Waals surface area contributed by atoms with Gasteiger partial charge >= 0.3 is 0 Å². The maximum Gasteiger partial charge on any atom is 0.209 e.